The van der Waals surface area contributed by atoms with Crippen molar-refractivity contribution in [3.05, 3.63) is 12.2 Å². The number of alkyl halides is 1. The van der Waals surface area contributed by atoms with Gasteiger partial charge in [0.1, 0.15) is 0 Å². The molecule has 1 amide bonds. The molecule has 4 heteroatoms. The second kappa shape index (κ2) is 5.44. The highest BCUT2D eigenvalue weighted by atomic mass is 35.5. The Morgan fingerprint density at radius 3 is 2.78 bits per heavy atom. The standard InChI is InChI=1S/C5H8ClNO2/c6-3-1-2-4-7-5(8)9/h1-2,7H,3-4H2,(H,8,9). The molecular weight excluding hydrogens is 142 g/mol. The Morgan fingerprint density at radius 2 is 2.33 bits per heavy atom. The van der Waals surface area contributed by atoms with Crippen LogP contribution in [0.15, 0.2) is 12.2 Å². The fourth-order valence-electron chi connectivity index (χ4n) is 0.293. The van der Waals surface area contributed by atoms with Gasteiger partial charge in [-0.1, -0.05) is 12.2 Å². The van der Waals surface area contributed by atoms with Crippen molar-refractivity contribution < 1.29 is 9.90 Å². The van der Waals surface area contributed by atoms with Crippen molar-refractivity contribution in [2.75, 3.05) is 12.4 Å². The summed E-state index contributed by atoms with van der Waals surface area (Å²) in [6.45, 7) is 0.321. The van der Waals surface area contributed by atoms with Gasteiger partial charge in [-0.05, 0) is 0 Å². The van der Waals surface area contributed by atoms with Gasteiger partial charge in [0, 0.05) is 12.4 Å². The highest BCUT2D eigenvalue weighted by molar-refractivity contribution is 6.18. The first kappa shape index (κ1) is 8.30. The first-order valence-electron chi connectivity index (χ1n) is 2.45. The maximum atomic E-state index is 9.78. The summed E-state index contributed by atoms with van der Waals surface area (Å²) in [5.74, 6) is 0.418. The van der Waals surface area contributed by atoms with Gasteiger partial charge in [-0.3, -0.25) is 0 Å². The van der Waals surface area contributed by atoms with E-state index in [0.717, 1.165) is 0 Å². The predicted octanol–water partition coefficient (Wildman–Crippen LogP) is 1.05. The molecule has 0 heterocycles. The lowest BCUT2D eigenvalue weighted by Gasteiger charge is -1.90. The molecule has 0 aliphatic heterocycles. The van der Waals surface area contributed by atoms with Crippen molar-refractivity contribution in [1.29, 1.82) is 0 Å². The van der Waals surface area contributed by atoms with Crippen molar-refractivity contribution >= 4 is 17.7 Å². The lowest BCUT2D eigenvalue weighted by Crippen LogP contribution is -2.20. The average molecular weight is 150 g/mol. The SMILES string of the molecule is O=C(O)NCC=CCCl. The molecule has 0 radical (unpaired) electrons. The maximum absolute atomic E-state index is 9.78. The van der Waals surface area contributed by atoms with Gasteiger partial charge in [0.2, 0.25) is 0 Å². The van der Waals surface area contributed by atoms with E-state index in [0.29, 0.717) is 12.4 Å². The first-order valence-corrected chi connectivity index (χ1v) is 2.98. The van der Waals surface area contributed by atoms with Crippen molar-refractivity contribution in [3.8, 4) is 0 Å². The van der Waals surface area contributed by atoms with E-state index in [1.54, 1.807) is 12.2 Å². The third-order valence-corrected chi connectivity index (χ3v) is 0.805. The summed E-state index contributed by atoms with van der Waals surface area (Å²) in [6.07, 6.45) is 2.31. The van der Waals surface area contributed by atoms with E-state index >= 15 is 0 Å². The summed E-state index contributed by atoms with van der Waals surface area (Å²) in [5, 5.41) is 10.2. The number of amides is 1. The Bertz CT molecular complexity index is 114. The molecule has 0 spiro atoms. The van der Waals surface area contributed by atoms with E-state index < -0.39 is 6.09 Å². The third-order valence-electron chi connectivity index (χ3n) is 0.627. The summed E-state index contributed by atoms with van der Waals surface area (Å²) in [6, 6.07) is 0. The van der Waals surface area contributed by atoms with Gasteiger partial charge >= 0.3 is 6.09 Å². The first-order chi connectivity index (χ1) is 4.27. The van der Waals surface area contributed by atoms with Crippen LogP contribution >= 0.6 is 11.6 Å². The topological polar surface area (TPSA) is 49.3 Å². The Kier molecular flexibility index (Phi) is 5.01. The van der Waals surface area contributed by atoms with Crippen molar-refractivity contribution in [2.24, 2.45) is 0 Å². The normalized spacial score (nSPS) is 9.89. The van der Waals surface area contributed by atoms with Crippen molar-refractivity contribution in [1.82, 2.24) is 5.32 Å². The smallest absolute Gasteiger partial charge is 0.404 e. The number of nitrogens with one attached hydrogen (secondary N) is 1. The molecule has 2 N–H and O–H groups in total. The minimum Gasteiger partial charge on any atom is -0.465 e. The molecule has 0 rings (SSSR count). The van der Waals surface area contributed by atoms with Crippen LogP contribution in [-0.2, 0) is 0 Å². The summed E-state index contributed by atoms with van der Waals surface area (Å²) in [7, 11) is 0. The molecule has 0 saturated heterocycles. The summed E-state index contributed by atoms with van der Waals surface area (Å²) < 4.78 is 0. The van der Waals surface area contributed by atoms with E-state index in [2.05, 4.69) is 5.32 Å². The van der Waals surface area contributed by atoms with Gasteiger partial charge in [-0.25, -0.2) is 4.79 Å². The summed E-state index contributed by atoms with van der Waals surface area (Å²) >= 11 is 5.25. The number of carbonyl (C=O) groups is 1. The number of allylic oxidation sites excluding steroid dienone is 1. The zero-order chi connectivity index (χ0) is 7.11. The van der Waals surface area contributed by atoms with E-state index in [1.807, 2.05) is 0 Å². The number of hydrogen-bond donors (Lipinski definition) is 2. The quantitative estimate of drug-likeness (QED) is 0.466. The summed E-state index contributed by atoms with van der Waals surface area (Å²) in [5.41, 5.74) is 0. The Morgan fingerprint density at radius 1 is 1.67 bits per heavy atom. The molecule has 0 aliphatic rings. The van der Waals surface area contributed by atoms with Crippen LogP contribution in [-0.4, -0.2) is 23.6 Å². The van der Waals surface area contributed by atoms with Crippen molar-refractivity contribution in [3.63, 3.8) is 0 Å². The largest absolute Gasteiger partial charge is 0.465 e. The Labute approximate surface area is 58.3 Å². The highest BCUT2D eigenvalue weighted by Gasteiger charge is 1.86. The van der Waals surface area contributed by atoms with Crippen LogP contribution in [0.5, 0.6) is 0 Å². The number of rotatable bonds is 3. The third kappa shape index (κ3) is 7.30. The molecule has 0 aliphatic carbocycles. The molecular formula is C5H8ClNO2. The highest BCUT2D eigenvalue weighted by Crippen LogP contribution is 1.75. The second-order valence-electron chi connectivity index (χ2n) is 1.31. The number of halogens is 1. The van der Waals surface area contributed by atoms with E-state index in [4.69, 9.17) is 16.7 Å². The molecule has 0 saturated carbocycles. The molecule has 0 fully saturated rings. The Balaban J connectivity index is 3.09. The monoisotopic (exact) mass is 149 g/mol. The Hall–Kier alpha value is -0.700. The lowest BCUT2D eigenvalue weighted by atomic mass is 10.5. The van der Waals surface area contributed by atoms with Gasteiger partial charge in [-0.15, -0.1) is 11.6 Å². The van der Waals surface area contributed by atoms with E-state index in [9.17, 15) is 4.79 Å². The maximum Gasteiger partial charge on any atom is 0.404 e. The zero-order valence-corrected chi connectivity index (χ0v) is 5.56. The minimum atomic E-state index is -1.02. The van der Waals surface area contributed by atoms with E-state index in [1.165, 1.54) is 0 Å². The molecule has 0 bridgehead atoms. The fourth-order valence-corrected chi connectivity index (χ4v) is 0.419. The number of hydrogen-bond acceptors (Lipinski definition) is 1. The van der Waals surface area contributed by atoms with Crippen LogP contribution in [0.1, 0.15) is 0 Å². The second-order valence-corrected chi connectivity index (χ2v) is 1.62. The predicted molar refractivity (Wildman–Crippen MR) is 35.9 cm³/mol. The van der Waals surface area contributed by atoms with Crippen LogP contribution in [0.4, 0.5) is 4.79 Å². The van der Waals surface area contributed by atoms with E-state index in [-0.39, 0.29) is 0 Å². The van der Waals surface area contributed by atoms with Gasteiger partial charge in [0.05, 0.1) is 0 Å². The molecule has 3 nitrogen and oxygen atoms in total. The molecule has 9 heavy (non-hydrogen) atoms. The van der Waals surface area contributed by atoms with Gasteiger partial charge in [0.15, 0.2) is 0 Å². The van der Waals surface area contributed by atoms with Gasteiger partial charge in [0.25, 0.3) is 0 Å². The molecule has 0 aromatic rings. The summed E-state index contributed by atoms with van der Waals surface area (Å²) in [4.78, 5) is 9.78. The zero-order valence-electron chi connectivity index (χ0n) is 4.80. The van der Waals surface area contributed by atoms with Crippen molar-refractivity contribution in [2.45, 2.75) is 0 Å². The minimum absolute atomic E-state index is 0.321. The lowest BCUT2D eigenvalue weighted by molar-refractivity contribution is 0.195. The van der Waals surface area contributed by atoms with Crippen LogP contribution in [0.25, 0.3) is 0 Å². The molecule has 0 aromatic carbocycles. The molecule has 0 unspecified atom stereocenters. The van der Waals surface area contributed by atoms with Crippen LogP contribution in [0.3, 0.4) is 0 Å². The van der Waals surface area contributed by atoms with Crippen LogP contribution in [0.2, 0.25) is 0 Å². The van der Waals surface area contributed by atoms with Gasteiger partial charge in [-0.2, -0.15) is 0 Å². The fraction of sp³-hybridized carbons (Fsp3) is 0.400. The number of carboxylic acid groups (broad SMARTS) is 1. The van der Waals surface area contributed by atoms with Crippen LogP contribution < -0.4 is 5.32 Å². The van der Waals surface area contributed by atoms with Crippen LogP contribution in [0, 0.1) is 0 Å². The molecule has 0 aromatic heterocycles. The van der Waals surface area contributed by atoms with Gasteiger partial charge < -0.3 is 10.4 Å². The average Bonchev–Trinajstić information content (AvgIpc) is 1.80. The molecule has 0 atom stereocenters. The molecule has 52 valence electrons.